The van der Waals surface area contributed by atoms with Gasteiger partial charge in [0.1, 0.15) is 0 Å². The monoisotopic (exact) mass is 275 g/mol. The molecule has 0 bridgehead atoms. The van der Waals surface area contributed by atoms with Gasteiger partial charge in [-0.15, -0.1) is 0 Å². The molecule has 0 atom stereocenters. The lowest BCUT2D eigenvalue weighted by Crippen LogP contribution is -2.46. The van der Waals surface area contributed by atoms with Crippen molar-refractivity contribution in [2.45, 2.75) is 33.1 Å². The Kier molecular flexibility index (Phi) is 5.86. The second-order valence-corrected chi connectivity index (χ2v) is 5.97. The number of hydrogen-bond donors (Lipinski definition) is 1. The Morgan fingerprint density at radius 2 is 1.75 bits per heavy atom. The van der Waals surface area contributed by atoms with Crippen molar-refractivity contribution < 1.29 is 0 Å². The molecule has 1 fully saturated rings. The zero-order valence-electron chi connectivity index (χ0n) is 13.1. The van der Waals surface area contributed by atoms with Crippen LogP contribution in [-0.4, -0.2) is 44.2 Å². The molecule has 1 aromatic rings. The minimum Gasteiger partial charge on any atom is -0.369 e. The molecule has 0 spiro atoms. The Morgan fingerprint density at radius 3 is 2.40 bits per heavy atom. The normalized spacial score (nSPS) is 16.6. The van der Waals surface area contributed by atoms with E-state index in [1.165, 1.54) is 55.7 Å². The summed E-state index contributed by atoms with van der Waals surface area (Å²) in [5, 5.41) is 0. The summed E-state index contributed by atoms with van der Waals surface area (Å²) in [7, 11) is 0. The molecule has 112 valence electrons. The van der Waals surface area contributed by atoms with Crippen LogP contribution < -0.4 is 10.6 Å². The van der Waals surface area contributed by atoms with Gasteiger partial charge in [0.25, 0.3) is 0 Å². The van der Waals surface area contributed by atoms with E-state index in [1.54, 1.807) is 0 Å². The average Bonchev–Trinajstić information content (AvgIpc) is 2.45. The number of rotatable bonds is 6. The molecule has 1 aliphatic rings. The van der Waals surface area contributed by atoms with Crippen molar-refractivity contribution in [2.75, 3.05) is 44.2 Å². The molecule has 2 rings (SSSR count). The molecule has 1 aliphatic heterocycles. The first-order valence-corrected chi connectivity index (χ1v) is 7.95. The second kappa shape index (κ2) is 7.65. The molecule has 3 heteroatoms. The molecule has 0 unspecified atom stereocenters. The van der Waals surface area contributed by atoms with Gasteiger partial charge in [-0.2, -0.15) is 0 Å². The minimum atomic E-state index is 0.834. The highest BCUT2D eigenvalue weighted by Crippen LogP contribution is 2.22. The van der Waals surface area contributed by atoms with Gasteiger partial charge in [0.2, 0.25) is 0 Å². The van der Waals surface area contributed by atoms with E-state index >= 15 is 0 Å². The fourth-order valence-corrected chi connectivity index (χ4v) is 3.03. The van der Waals surface area contributed by atoms with Crippen LogP contribution >= 0.6 is 0 Å². The molecule has 1 aromatic carbocycles. The van der Waals surface area contributed by atoms with Crippen molar-refractivity contribution in [1.29, 1.82) is 0 Å². The van der Waals surface area contributed by atoms with Gasteiger partial charge in [0.15, 0.2) is 0 Å². The number of nitrogens with two attached hydrogens (primary N) is 1. The molecule has 0 aliphatic carbocycles. The zero-order valence-corrected chi connectivity index (χ0v) is 13.1. The number of unbranched alkanes of at least 4 members (excludes halogenated alkanes) is 2. The Labute approximate surface area is 123 Å². The van der Waals surface area contributed by atoms with Crippen molar-refractivity contribution in [3.8, 4) is 0 Å². The summed E-state index contributed by atoms with van der Waals surface area (Å²) in [6.07, 6.45) is 3.73. The Hall–Kier alpha value is -1.06. The van der Waals surface area contributed by atoms with E-state index in [-0.39, 0.29) is 0 Å². The van der Waals surface area contributed by atoms with Crippen LogP contribution in [0.5, 0.6) is 0 Å². The van der Waals surface area contributed by atoms with Crippen LogP contribution in [0.1, 0.15) is 30.4 Å². The summed E-state index contributed by atoms with van der Waals surface area (Å²) < 4.78 is 0. The molecular formula is C17H29N3. The van der Waals surface area contributed by atoms with Crippen molar-refractivity contribution in [1.82, 2.24) is 4.90 Å². The SMILES string of the molecule is Cc1ccc(N2CCN(CCCCCN)CC2)c(C)c1. The number of nitrogens with zero attached hydrogens (tertiary/aromatic N) is 2. The molecule has 20 heavy (non-hydrogen) atoms. The highest BCUT2D eigenvalue weighted by molar-refractivity contribution is 5.54. The predicted molar refractivity (Wildman–Crippen MR) is 87.5 cm³/mol. The molecule has 0 radical (unpaired) electrons. The molecule has 2 N–H and O–H groups in total. The van der Waals surface area contributed by atoms with Crippen LogP contribution in [0.2, 0.25) is 0 Å². The maximum Gasteiger partial charge on any atom is 0.0396 e. The second-order valence-electron chi connectivity index (χ2n) is 5.97. The molecule has 0 aromatic heterocycles. The molecule has 1 saturated heterocycles. The lowest BCUT2D eigenvalue weighted by Gasteiger charge is -2.37. The number of aryl methyl sites for hydroxylation is 2. The van der Waals surface area contributed by atoms with Crippen LogP contribution in [0, 0.1) is 13.8 Å². The first-order chi connectivity index (χ1) is 9.70. The average molecular weight is 275 g/mol. The highest BCUT2D eigenvalue weighted by Gasteiger charge is 2.17. The fraction of sp³-hybridized carbons (Fsp3) is 0.647. The predicted octanol–water partition coefficient (Wildman–Crippen LogP) is 2.55. The van der Waals surface area contributed by atoms with Gasteiger partial charge in [0, 0.05) is 31.9 Å². The maximum atomic E-state index is 5.53. The summed E-state index contributed by atoms with van der Waals surface area (Å²) >= 11 is 0. The number of anilines is 1. The van der Waals surface area contributed by atoms with Gasteiger partial charge in [-0.3, -0.25) is 4.90 Å². The topological polar surface area (TPSA) is 32.5 Å². The van der Waals surface area contributed by atoms with Gasteiger partial charge in [-0.1, -0.05) is 24.1 Å². The first kappa shape index (κ1) is 15.3. The van der Waals surface area contributed by atoms with Gasteiger partial charge >= 0.3 is 0 Å². The van der Waals surface area contributed by atoms with Gasteiger partial charge in [-0.05, 0) is 51.4 Å². The molecule has 0 amide bonds. The third-order valence-corrected chi connectivity index (χ3v) is 4.24. The van der Waals surface area contributed by atoms with E-state index < -0.39 is 0 Å². The number of hydrogen-bond acceptors (Lipinski definition) is 3. The van der Waals surface area contributed by atoms with Crippen molar-refractivity contribution in [2.24, 2.45) is 5.73 Å². The number of piperazine rings is 1. The van der Waals surface area contributed by atoms with Crippen molar-refractivity contribution in [3.63, 3.8) is 0 Å². The van der Waals surface area contributed by atoms with Gasteiger partial charge in [0.05, 0.1) is 0 Å². The Balaban J connectivity index is 1.79. The van der Waals surface area contributed by atoms with E-state index in [0.717, 1.165) is 19.6 Å². The van der Waals surface area contributed by atoms with E-state index in [9.17, 15) is 0 Å². The van der Waals surface area contributed by atoms with E-state index in [4.69, 9.17) is 5.73 Å². The quantitative estimate of drug-likeness (QED) is 0.810. The molecule has 1 heterocycles. The molecule has 0 saturated carbocycles. The Morgan fingerprint density at radius 1 is 1.00 bits per heavy atom. The lowest BCUT2D eigenvalue weighted by atomic mass is 10.1. The lowest BCUT2D eigenvalue weighted by molar-refractivity contribution is 0.252. The van der Waals surface area contributed by atoms with Crippen molar-refractivity contribution in [3.05, 3.63) is 29.3 Å². The van der Waals surface area contributed by atoms with E-state index in [0.29, 0.717) is 0 Å². The third-order valence-electron chi connectivity index (χ3n) is 4.24. The summed E-state index contributed by atoms with van der Waals surface area (Å²) in [6, 6.07) is 6.79. The standard InChI is InChI=1S/C17H29N3/c1-15-6-7-17(16(2)14-15)20-12-10-19(11-13-20)9-5-3-4-8-18/h6-7,14H,3-5,8-13,18H2,1-2H3. The third kappa shape index (κ3) is 4.22. The zero-order chi connectivity index (χ0) is 14.4. The highest BCUT2D eigenvalue weighted by atomic mass is 15.3. The summed E-state index contributed by atoms with van der Waals surface area (Å²) in [6.45, 7) is 11.1. The molecular weight excluding hydrogens is 246 g/mol. The van der Waals surface area contributed by atoms with Crippen LogP contribution in [0.25, 0.3) is 0 Å². The largest absolute Gasteiger partial charge is 0.369 e. The maximum absolute atomic E-state index is 5.53. The van der Waals surface area contributed by atoms with Crippen LogP contribution in [0.3, 0.4) is 0 Å². The van der Waals surface area contributed by atoms with E-state index in [2.05, 4.69) is 41.8 Å². The van der Waals surface area contributed by atoms with E-state index in [1.807, 2.05) is 0 Å². The summed E-state index contributed by atoms with van der Waals surface area (Å²) in [5.74, 6) is 0. The Bertz CT molecular complexity index is 409. The summed E-state index contributed by atoms with van der Waals surface area (Å²) in [4.78, 5) is 5.13. The first-order valence-electron chi connectivity index (χ1n) is 7.95. The van der Waals surface area contributed by atoms with Crippen molar-refractivity contribution >= 4 is 5.69 Å². The number of benzene rings is 1. The smallest absolute Gasteiger partial charge is 0.0396 e. The van der Waals surface area contributed by atoms with Gasteiger partial charge in [-0.25, -0.2) is 0 Å². The van der Waals surface area contributed by atoms with Crippen LogP contribution in [0.4, 0.5) is 5.69 Å². The molecule has 3 nitrogen and oxygen atoms in total. The van der Waals surface area contributed by atoms with Gasteiger partial charge < -0.3 is 10.6 Å². The fourth-order valence-electron chi connectivity index (χ4n) is 3.03. The van der Waals surface area contributed by atoms with Crippen LogP contribution in [0.15, 0.2) is 18.2 Å². The summed E-state index contributed by atoms with van der Waals surface area (Å²) in [5.41, 5.74) is 9.71. The minimum absolute atomic E-state index is 0.834. The van der Waals surface area contributed by atoms with Crippen LogP contribution in [-0.2, 0) is 0 Å².